The van der Waals surface area contributed by atoms with Crippen molar-refractivity contribution in [3.05, 3.63) is 53.3 Å². The number of halogens is 1. The van der Waals surface area contributed by atoms with Crippen LogP contribution in [0.15, 0.2) is 47.6 Å². The Balaban J connectivity index is 2.27. The minimum absolute atomic E-state index is 0.00272. The van der Waals surface area contributed by atoms with Crippen LogP contribution < -0.4 is 4.74 Å². The molecule has 0 unspecified atom stereocenters. The van der Waals surface area contributed by atoms with E-state index in [4.69, 9.17) is 16.3 Å². The zero-order chi connectivity index (χ0) is 15.5. The van der Waals surface area contributed by atoms with Crippen LogP contribution in [0.25, 0.3) is 0 Å². The highest BCUT2D eigenvalue weighted by molar-refractivity contribution is 7.89. The van der Waals surface area contributed by atoms with E-state index >= 15 is 0 Å². The molecule has 1 heterocycles. The van der Waals surface area contributed by atoms with E-state index in [9.17, 15) is 8.42 Å². The lowest BCUT2D eigenvalue weighted by Gasteiger charge is -2.18. The van der Waals surface area contributed by atoms with Crippen LogP contribution in [0.3, 0.4) is 0 Å². The van der Waals surface area contributed by atoms with Crippen LogP contribution in [0.2, 0.25) is 5.02 Å². The molecule has 5 nitrogen and oxygen atoms in total. The largest absolute Gasteiger partial charge is 0.497 e. The van der Waals surface area contributed by atoms with Gasteiger partial charge < -0.3 is 4.74 Å². The number of nitrogens with zero attached hydrogens (tertiary/aromatic N) is 2. The Morgan fingerprint density at radius 2 is 2.10 bits per heavy atom. The quantitative estimate of drug-likeness (QED) is 0.847. The van der Waals surface area contributed by atoms with Gasteiger partial charge in [0.05, 0.1) is 12.1 Å². The Morgan fingerprint density at radius 3 is 2.76 bits per heavy atom. The van der Waals surface area contributed by atoms with Gasteiger partial charge in [-0.05, 0) is 23.8 Å². The fraction of sp³-hybridized carbons (Fsp3) is 0.214. The van der Waals surface area contributed by atoms with E-state index in [-0.39, 0.29) is 16.5 Å². The second kappa shape index (κ2) is 6.43. The standard InChI is InChI=1S/C14H15ClN2O3S/c1-17(10-11-4-3-5-12(8-11)20-2)21(18,19)14-9-16-7-6-13(14)15/h3-9H,10H2,1-2H3. The smallest absolute Gasteiger partial charge is 0.246 e. The van der Waals surface area contributed by atoms with Crippen molar-refractivity contribution in [1.82, 2.24) is 9.29 Å². The van der Waals surface area contributed by atoms with Gasteiger partial charge >= 0.3 is 0 Å². The summed E-state index contributed by atoms with van der Waals surface area (Å²) >= 11 is 5.94. The molecule has 2 rings (SSSR count). The maximum atomic E-state index is 12.5. The Bertz CT molecular complexity index is 735. The average Bonchev–Trinajstić information content (AvgIpc) is 2.47. The topological polar surface area (TPSA) is 59.5 Å². The van der Waals surface area contributed by atoms with Crippen molar-refractivity contribution < 1.29 is 13.2 Å². The van der Waals surface area contributed by atoms with Crippen LogP contribution in [0.5, 0.6) is 5.75 Å². The average molecular weight is 327 g/mol. The zero-order valence-electron chi connectivity index (χ0n) is 11.7. The van der Waals surface area contributed by atoms with Gasteiger partial charge in [0, 0.05) is 26.0 Å². The van der Waals surface area contributed by atoms with Crippen molar-refractivity contribution in [3.63, 3.8) is 0 Å². The summed E-state index contributed by atoms with van der Waals surface area (Å²) in [5, 5.41) is 0.155. The summed E-state index contributed by atoms with van der Waals surface area (Å²) in [5.41, 5.74) is 0.820. The molecule has 0 N–H and O–H groups in total. The molecular weight excluding hydrogens is 312 g/mol. The van der Waals surface area contributed by atoms with Crippen LogP contribution in [0, 0.1) is 0 Å². The SMILES string of the molecule is COc1cccc(CN(C)S(=O)(=O)c2cnccc2Cl)c1. The molecule has 0 atom stereocenters. The first-order valence-electron chi connectivity index (χ1n) is 6.14. The molecule has 0 saturated carbocycles. The van der Waals surface area contributed by atoms with Gasteiger partial charge in [0.25, 0.3) is 0 Å². The molecule has 0 aliphatic carbocycles. The maximum absolute atomic E-state index is 12.5. The fourth-order valence-electron chi connectivity index (χ4n) is 1.83. The van der Waals surface area contributed by atoms with E-state index in [1.165, 1.54) is 29.8 Å². The summed E-state index contributed by atoms with van der Waals surface area (Å²) in [5.74, 6) is 0.678. The van der Waals surface area contributed by atoms with Crippen LogP contribution >= 0.6 is 11.6 Å². The van der Waals surface area contributed by atoms with E-state index in [0.29, 0.717) is 5.75 Å². The molecule has 112 valence electrons. The summed E-state index contributed by atoms with van der Waals surface area (Å²) in [6.45, 7) is 0.213. The van der Waals surface area contributed by atoms with Crippen LogP contribution in [-0.4, -0.2) is 31.9 Å². The first kappa shape index (κ1) is 15.8. The highest BCUT2D eigenvalue weighted by atomic mass is 35.5. The molecule has 0 aliphatic rings. The third kappa shape index (κ3) is 3.53. The Kier molecular flexibility index (Phi) is 4.82. The summed E-state index contributed by atoms with van der Waals surface area (Å²) in [6, 6.07) is 8.69. The van der Waals surface area contributed by atoms with Crippen molar-refractivity contribution in [3.8, 4) is 5.75 Å². The number of hydrogen-bond acceptors (Lipinski definition) is 4. The van der Waals surface area contributed by atoms with Gasteiger partial charge in [0.1, 0.15) is 10.6 Å². The molecule has 21 heavy (non-hydrogen) atoms. The van der Waals surface area contributed by atoms with Crippen molar-refractivity contribution in [2.24, 2.45) is 0 Å². The molecule has 0 radical (unpaired) electrons. The number of benzene rings is 1. The van der Waals surface area contributed by atoms with Gasteiger partial charge in [-0.25, -0.2) is 8.42 Å². The number of methoxy groups -OCH3 is 1. The van der Waals surface area contributed by atoms with E-state index in [1.54, 1.807) is 19.2 Å². The molecule has 2 aromatic rings. The lowest BCUT2D eigenvalue weighted by Crippen LogP contribution is -2.26. The summed E-state index contributed by atoms with van der Waals surface area (Å²) in [4.78, 5) is 3.82. The number of aromatic nitrogens is 1. The van der Waals surface area contributed by atoms with Crippen LogP contribution in [0.4, 0.5) is 0 Å². The predicted molar refractivity (Wildman–Crippen MR) is 80.9 cm³/mol. The van der Waals surface area contributed by atoms with Gasteiger partial charge in [-0.3, -0.25) is 4.98 Å². The van der Waals surface area contributed by atoms with Crippen molar-refractivity contribution in [2.75, 3.05) is 14.2 Å². The summed E-state index contributed by atoms with van der Waals surface area (Å²) in [6.07, 6.45) is 2.70. The molecule has 0 fully saturated rings. The number of pyridine rings is 1. The van der Waals surface area contributed by atoms with E-state index < -0.39 is 10.0 Å². The fourth-order valence-corrected chi connectivity index (χ4v) is 3.39. The molecule has 0 spiro atoms. The second-order valence-corrected chi connectivity index (χ2v) is 6.84. The van der Waals surface area contributed by atoms with Gasteiger partial charge in [0.2, 0.25) is 10.0 Å². The van der Waals surface area contributed by atoms with Gasteiger partial charge in [-0.1, -0.05) is 23.7 Å². The van der Waals surface area contributed by atoms with Gasteiger partial charge in [0.15, 0.2) is 0 Å². The molecule has 0 saturated heterocycles. The lowest BCUT2D eigenvalue weighted by atomic mass is 10.2. The Labute approximate surface area is 129 Å². The lowest BCUT2D eigenvalue weighted by molar-refractivity contribution is 0.412. The Hall–Kier alpha value is -1.63. The maximum Gasteiger partial charge on any atom is 0.246 e. The third-order valence-electron chi connectivity index (χ3n) is 2.96. The second-order valence-electron chi connectivity index (χ2n) is 4.42. The molecule has 1 aromatic heterocycles. The normalized spacial score (nSPS) is 11.6. The first-order valence-corrected chi connectivity index (χ1v) is 7.95. The highest BCUT2D eigenvalue weighted by Gasteiger charge is 2.23. The first-order chi connectivity index (χ1) is 9.95. The molecule has 0 amide bonds. The van der Waals surface area contributed by atoms with E-state index in [2.05, 4.69) is 4.98 Å². The van der Waals surface area contributed by atoms with Crippen molar-refractivity contribution >= 4 is 21.6 Å². The summed E-state index contributed by atoms with van der Waals surface area (Å²) in [7, 11) is -0.627. The Morgan fingerprint density at radius 1 is 1.33 bits per heavy atom. The number of sulfonamides is 1. The van der Waals surface area contributed by atoms with E-state index in [0.717, 1.165) is 5.56 Å². The molecular formula is C14H15ClN2O3S. The zero-order valence-corrected chi connectivity index (χ0v) is 13.2. The van der Waals surface area contributed by atoms with Gasteiger partial charge in [-0.2, -0.15) is 4.31 Å². The molecule has 0 aliphatic heterocycles. The monoisotopic (exact) mass is 326 g/mol. The number of rotatable bonds is 5. The molecule has 1 aromatic carbocycles. The van der Waals surface area contributed by atoms with Crippen LogP contribution in [-0.2, 0) is 16.6 Å². The minimum Gasteiger partial charge on any atom is -0.497 e. The molecule has 7 heteroatoms. The van der Waals surface area contributed by atoms with Gasteiger partial charge in [-0.15, -0.1) is 0 Å². The number of hydrogen-bond donors (Lipinski definition) is 0. The number of ether oxygens (including phenoxy) is 1. The summed E-state index contributed by atoms with van der Waals surface area (Å²) < 4.78 is 31.3. The predicted octanol–water partition coefficient (Wildman–Crippen LogP) is 2.56. The highest BCUT2D eigenvalue weighted by Crippen LogP contribution is 2.24. The van der Waals surface area contributed by atoms with Crippen LogP contribution in [0.1, 0.15) is 5.56 Å². The van der Waals surface area contributed by atoms with Crippen molar-refractivity contribution in [2.45, 2.75) is 11.4 Å². The molecule has 0 bridgehead atoms. The van der Waals surface area contributed by atoms with Crippen molar-refractivity contribution in [1.29, 1.82) is 0 Å². The third-order valence-corrected chi connectivity index (χ3v) is 5.23. The minimum atomic E-state index is -3.69. The van der Waals surface area contributed by atoms with E-state index in [1.807, 2.05) is 12.1 Å².